The van der Waals surface area contributed by atoms with Crippen molar-refractivity contribution in [3.8, 4) is 0 Å². The van der Waals surface area contributed by atoms with Gasteiger partial charge in [-0.3, -0.25) is 15.1 Å². The van der Waals surface area contributed by atoms with Crippen LogP contribution in [0.1, 0.15) is 11.3 Å². The Morgan fingerprint density at radius 1 is 1.26 bits per heavy atom. The molecule has 0 aliphatic heterocycles. The van der Waals surface area contributed by atoms with E-state index in [1.54, 1.807) is 6.20 Å². The summed E-state index contributed by atoms with van der Waals surface area (Å²) in [6.07, 6.45) is 1.72. The lowest BCUT2D eigenvalue weighted by molar-refractivity contribution is -0.384. The maximum absolute atomic E-state index is 10.7. The first kappa shape index (κ1) is 13.5. The quantitative estimate of drug-likeness (QED) is 0.674. The van der Waals surface area contributed by atoms with Crippen LogP contribution >= 0.6 is 11.6 Å². The molecule has 1 heterocycles. The minimum atomic E-state index is -0.432. The average Bonchev–Trinajstić information content (AvgIpc) is 2.42. The Hall–Kier alpha value is -1.98. The van der Waals surface area contributed by atoms with Crippen molar-refractivity contribution >= 4 is 17.3 Å². The SMILES string of the molecule is O=[N+]([O-])c1ccc(Cl)c(CNCc2ccccn2)c1. The molecule has 0 spiro atoms. The summed E-state index contributed by atoms with van der Waals surface area (Å²) in [5.74, 6) is 0. The van der Waals surface area contributed by atoms with Gasteiger partial charge in [0.15, 0.2) is 0 Å². The van der Waals surface area contributed by atoms with Crippen LogP contribution in [0.15, 0.2) is 42.6 Å². The van der Waals surface area contributed by atoms with Crippen molar-refractivity contribution < 1.29 is 4.92 Å². The fourth-order valence-electron chi connectivity index (χ4n) is 1.64. The average molecular weight is 278 g/mol. The molecule has 0 amide bonds. The molecule has 1 N–H and O–H groups in total. The van der Waals surface area contributed by atoms with E-state index >= 15 is 0 Å². The van der Waals surface area contributed by atoms with E-state index in [2.05, 4.69) is 10.3 Å². The highest BCUT2D eigenvalue weighted by Gasteiger charge is 2.09. The molecule has 19 heavy (non-hydrogen) atoms. The molecule has 0 bridgehead atoms. The topological polar surface area (TPSA) is 68.1 Å². The minimum Gasteiger partial charge on any atom is -0.307 e. The molecule has 0 saturated heterocycles. The number of benzene rings is 1. The Balaban J connectivity index is 1.99. The first-order chi connectivity index (χ1) is 9.16. The van der Waals surface area contributed by atoms with E-state index in [1.165, 1.54) is 18.2 Å². The van der Waals surface area contributed by atoms with E-state index in [0.29, 0.717) is 23.7 Å². The molecule has 6 heteroatoms. The first-order valence-electron chi connectivity index (χ1n) is 5.70. The van der Waals surface area contributed by atoms with Crippen molar-refractivity contribution in [1.82, 2.24) is 10.3 Å². The summed E-state index contributed by atoms with van der Waals surface area (Å²) >= 11 is 6.00. The Labute approximate surface area is 115 Å². The number of non-ortho nitro benzene ring substituents is 1. The second-order valence-corrected chi connectivity index (χ2v) is 4.36. The van der Waals surface area contributed by atoms with Crippen LogP contribution < -0.4 is 5.32 Å². The van der Waals surface area contributed by atoms with Gasteiger partial charge in [-0.2, -0.15) is 0 Å². The summed E-state index contributed by atoms with van der Waals surface area (Å²) in [5.41, 5.74) is 1.65. The number of nitro groups is 1. The normalized spacial score (nSPS) is 10.4. The molecule has 2 rings (SSSR count). The van der Waals surface area contributed by atoms with E-state index in [-0.39, 0.29) is 5.69 Å². The molecule has 0 radical (unpaired) electrons. The molecule has 0 saturated carbocycles. The first-order valence-corrected chi connectivity index (χ1v) is 6.08. The molecule has 0 aliphatic rings. The Morgan fingerprint density at radius 3 is 2.79 bits per heavy atom. The summed E-state index contributed by atoms with van der Waals surface area (Å²) in [6, 6.07) is 10.1. The van der Waals surface area contributed by atoms with Gasteiger partial charge < -0.3 is 5.32 Å². The number of hydrogen-bond donors (Lipinski definition) is 1. The van der Waals surface area contributed by atoms with Crippen molar-refractivity contribution in [3.63, 3.8) is 0 Å². The van der Waals surface area contributed by atoms with Crippen LogP contribution in [-0.2, 0) is 13.1 Å². The van der Waals surface area contributed by atoms with Crippen LogP contribution in [0.25, 0.3) is 0 Å². The highest BCUT2D eigenvalue weighted by molar-refractivity contribution is 6.31. The monoisotopic (exact) mass is 277 g/mol. The van der Waals surface area contributed by atoms with E-state index in [0.717, 1.165) is 5.69 Å². The second kappa shape index (κ2) is 6.26. The maximum Gasteiger partial charge on any atom is 0.269 e. The number of aromatic nitrogens is 1. The van der Waals surface area contributed by atoms with Crippen LogP contribution in [0.4, 0.5) is 5.69 Å². The lowest BCUT2D eigenvalue weighted by Crippen LogP contribution is -2.14. The van der Waals surface area contributed by atoms with Gasteiger partial charge in [0.2, 0.25) is 0 Å². The number of nitrogens with one attached hydrogen (secondary N) is 1. The van der Waals surface area contributed by atoms with Crippen LogP contribution in [0.2, 0.25) is 5.02 Å². The van der Waals surface area contributed by atoms with Gasteiger partial charge in [0, 0.05) is 36.4 Å². The molecule has 0 fully saturated rings. The number of nitrogens with zero attached hydrogens (tertiary/aromatic N) is 2. The predicted molar refractivity (Wildman–Crippen MR) is 72.9 cm³/mol. The number of halogens is 1. The van der Waals surface area contributed by atoms with Crippen LogP contribution in [0.5, 0.6) is 0 Å². The van der Waals surface area contributed by atoms with Crippen molar-refractivity contribution in [2.24, 2.45) is 0 Å². The third-order valence-corrected chi connectivity index (χ3v) is 2.96. The lowest BCUT2D eigenvalue weighted by Gasteiger charge is -2.06. The van der Waals surface area contributed by atoms with Gasteiger partial charge in [-0.05, 0) is 23.8 Å². The molecule has 1 aromatic heterocycles. The van der Waals surface area contributed by atoms with Gasteiger partial charge in [0.1, 0.15) is 0 Å². The van der Waals surface area contributed by atoms with Crippen molar-refractivity contribution in [1.29, 1.82) is 0 Å². The van der Waals surface area contributed by atoms with Gasteiger partial charge >= 0.3 is 0 Å². The summed E-state index contributed by atoms with van der Waals surface area (Å²) in [4.78, 5) is 14.4. The summed E-state index contributed by atoms with van der Waals surface area (Å²) in [5, 5.41) is 14.4. The maximum atomic E-state index is 10.7. The molecule has 98 valence electrons. The van der Waals surface area contributed by atoms with E-state index in [9.17, 15) is 10.1 Å². The second-order valence-electron chi connectivity index (χ2n) is 3.96. The smallest absolute Gasteiger partial charge is 0.269 e. The Kier molecular flexibility index (Phi) is 4.43. The van der Waals surface area contributed by atoms with Crippen molar-refractivity contribution in [2.75, 3.05) is 0 Å². The summed E-state index contributed by atoms with van der Waals surface area (Å²) in [6.45, 7) is 1.04. The summed E-state index contributed by atoms with van der Waals surface area (Å²) in [7, 11) is 0. The molecule has 1 aromatic carbocycles. The Morgan fingerprint density at radius 2 is 2.11 bits per heavy atom. The molecular formula is C13H12ClN3O2. The van der Waals surface area contributed by atoms with Crippen LogP contribution in [-0.4, -0.2) is 9.91 Å². The largest absolute Gasteiger partial charge is 0.307 e. The third kappa shape index (κ3) is 3.74. The van der Waals surface area contributed by atoms with Gasteiger partial charge in [-0.25, -0.2) is 0 Å². The zero-order chi connectivity index (χ0) is 13.7. The number of nitro benzene ring substituents is 1. The molecule has 2 aromatic rings. The molecule has 0 atom stereocenters. The number of pyridine rings is 1. The minimum absolute atomic E-state index is 0.0408. The number of hydrogen-bond acceptors (Lipinski definition) is 4. The highest BCUT2D eigenvalue weighted by Crippen LogP contribution is 2.21. The summed E-state index contributed by atoms with van der Waals surface area (Å²) < 4.78 is 0. The fourth-order valence-corrected chi connectivity index (χ4v) is 1.82. The molecule has 5 nitrogen and oxygen atoms in total. The zero-order valence-corrected chi connectivity index (χ0v) is 10.8. The lowest BCUT2D eigenvalue weighted by atomic mass is 10.2. The van der Waals surface area contributed by atoms with E-state index in [1.807, 2.05) is 18.2 Å². The predicted octanol–water partition coefficient (Wildman–Crippen LogP) is 2.93. The van der Waals surface area contributed by atoms with Gasteiger partial charge in [-0.1, -0.05) is 17.7 Å². The third-order valence-electron chi connectivity index (χ3n) is 2.59. The standard InChI is InChI=1S/C13H12ClN3O2/c14-13-5-4-12(17(18)19)7-10(13)8-15-9-11-3-1-2-6-16-11/h1-7,15H,8-9H2. The van der Waals surface area contributed by atoms with E-state index in [4.69, 9.17) is 11.6 Å². The Bertz CT molecular complexity index is 575. The van der Waals surface area contributed by atoms with Crippen LogP contribution in [0, 0.1) is 10.1 Å². The molecule has 0 aliphatic carbocycles. The number of rotatable bonds is 5. The van der Waals surface area contributed by atoms with Gasteiger partial charge in [0.05, 0.1) is 10.6 Å². The van der Waals surface area contributed by atoms with Gasteiger partial charge in [0.25, 0.3) is 5.69 Å². The van der Waals surface area contributed by atoms with Crippen LogP contribution in [0.3, 0.4) is 0 Å². The van der Waals surface area contributed by atoms with Crippen molar-refractivity contribution in [3.05, 3.63) is 69.0 Å². The fraction of sp³-hybridized carbons (Fsp3) is 0.154. The van der Waals surface area contributed by atoms with Crippen molar-refractivity contribution in [2.45, 2.75) is 13.1 Å². The van der Waals surface area contributed by atoms with Gasteiger partial charge in [-0.15, -0.1) is 0 Å². The molecule has 0 unspecified atom stereocenters. The van der Waals surface area contributed by atoms with E-state index < -0.39 is 4.92 Å². The molecular weight excluding hydrogens is 266 g/mol. The highest BCUT2D eigenvalue weighted by atomic mass is 35.5. The zero-order valence-electron chi connectivity index (χ0n) is 10.0.